The summed E-state index contributed by atoms with van der Waals surface area (Å²) in [6.45, 7) is 12.3. The molecular formula is C112H84F10Ir7N8O5-8. The molecular weight excluding hydrogens is 3070 g/mol. The summed E-state index contributed by atoms with van der Waals surface area (Å²) in [5.41, 5.74) is 12.8. The quantitative estimate of drug-likeness (QED) is 0.0506. The zero-order valence-corrected chi connectivity index (χ0v) is 92.8. The van der Waals surface area contributed by atoms with E-state index in [1.165, 1.54) is 117 Å². The molecule has 8 heterocycles. The van der Waals surface area contributed by atoms with Gasteiger partial charge in [0.05, 0.1) is 18.1 Å². The van der Waals surface area contributed by atoms with Crippen LogP contribution < -0.4 is 0 Å². The monoisotopic (exact) mass is 3160 g/mol. The Morgan fingerprint density at radius 1 is 0.331 bits per heavy atom. The van der Waals surface area contributed by atoms with Crippen LogP contribution in [0.3, 0.4) is 0 Å². The number of hydrogen-bond acceptors (Lipinski definition) is 13. The molecule has 8 aromatic heterocycles. The van der Waals surface area contributed by atoms with Crippen molar-refractivity contribution in [2.24, 2.45) is 0 Å². The van der Waals surface area contributed by atoms with E-state index in [-0.39, 0.29) is 221 Å². The van der Waals surface area contributed by atoms with Gasteiger partial charge in [0.2, 0.25) is 0 Å². The second-order valence-electron chi connectivity index (χ2n) is 30.1. The number of allylic oxidation sites excluding steroid dienone is 4. The van der Waals surface area contributed by atoms with Crippen molar-refractivity contribution in [1.29, 1.82) is 0 Å². The second-order valence-corrected chi connectivity index (χ2v) is 30.1. The average molecular weight is 3160 g/mol. The normalized spacial score (nSPS) is 10.6. The number of halogens is 10. The van der Waals surface area contributed by atoms with Crippen LogP contribution in [0.2, 0.25) is 0 Å². The largest absolute Gasteiger partial charge is 0.512 e. The molecule has 30 heteroatoms. The second kappa shape index (κ2) is 63.2. The van der Waals surface area contributed by atoms with Gasteiger partial charge < -0.3 is 55.2 Å². The van der Waals surface area contributed by atoms with E-state index in [2.05, 4.69) is 152 Å². The number of aliphatic hydroxyl groups is 3. The third-order valence-corrected chi connectivity index (χ3v) is 18.8. The standard InChI is InChI=1S/C19H18N.C16H8F2N.C12H9FNO.2C11H6F2N.3C11H7FN.2C5H8O2.7Ir/c1-19(2,3)16-10-8-15(9-11-16)18-17-7-5-4-6-14(17)12-13-20-18;17-16(18)12-6-2-1-5-11(12)15-14-10(8-9-19-15)4-3-7-13(14)16;13-11-3-1-10(2-4-11)12-7-9(8-15)5-6-14-12;2*12-8-4-5-9(10(13)7-8)11-3-1-2-6-14-11;3*12-10-6-4-9(5-7-10)11-3-1-2-8-13-11;2*1-4(6)3-5(2)7;;;;;;;/h4-8,10-13H,1-3H3;1-4,6-9H;1,3-7,15H,8H2;2*1-4,6-7H;3*1-4,6-8H;2*3,6H,1-2H3;;;;;;;/q8*-1;;;;;;;;;. The Morgan fingerprint density at radius 2 is 0.690 bits per heavy atom. The fourth-order valence-corrected chi connectivity index (χ4v) is 12.5. The number of carbonyl (C=O) groups is 2. The molecule has 1 aliphatic carbocycles. The molecule has 13 nitrogen and oxygen atoms in total. The molecule has 10 aromatic carbocycles. The van der Waals surface area contributed by atoms with E-state index in [0.717, 1.165) is 80.2 Å². The molecule has 0 saturated heterocycles. The smallest absolute Gasteiger partial charge is 0.266 e. The van der Waals surface area contributed by atoms with Crippen LogP contribution in [0.15, 0.2) is 364 Å². The summed E-state index contributed by atoms with van der Waals surface area (Å²) in [6.07, 6.45) is 15.7. The number of carbonyl (C=O) groups excluding carboxylic acids is 2. The van der Waals surface area contributed by atoms with Crippen LogP contribution in [-0.4, -0.2) is 66.8 Å². The van der Waals surface area contributed by atoms with E-state index < -0.39 is 29.2 Å². The van der Waals surface area contributed by atoms with Crippen molar-refractivity contribution in [1.82, 2.24) is 39.9 Å². The van der Waals surface area contributed by atoms with Gasteiger partial charge in [-0.25, -0.2) is 8.78 Å². The summed E-state index contributed by atoms with van der Waals surface area (Å²) >= 11 is 0. The van der Waals surface area contributed by atoms with Gasteiger partial charge >= 0.3 is 0 Å². The minimum atomic E-state index is -3.00. The Labute approximate surface area is 912 Å². The summed E-state index contributed by atoms with van der Waals surface area (Å²) < 4.78 is 131. The maximum Gasteiger partial charge on any atom is 0.266 e. The Balaban J connectivity index is 0.000000408. The van der Waals surface area contributed by atoms with Crippen molar-refractivity contribution in [2.75, 3.05) is 0 Å². The molecule has 19 rings (SSSR count). The van der Waals surface area contributed by atoms with Crippen LogP contribution in [0.25, 0.3) is 112 Å². The van der Waals surface area contributed by atoms with Crippen molar-refractivity contribution < 1.29 is 210 Å². The van der Waals surface area contributed by atoms with Gasteiger partial charge in [-0.3, -0.25) is 44.7 Å². The van der Waals surface area contributed by atoms with Gasteiger partial charge in [0, 0.05) is 255 Å². The van der Waals surface area contributed by atoms with Crippen LogP contribution in [0.4, 0.5) is 43.9 Å². The molecule has 743 valence electrons. The third-order valence-electron chi connectivity index (χ3n) is 18.8. The predicted octanol–water partition coefficient (Wildman–Crippen LogP) is 27.1. The summed E-state index contributed by atoms with van der Waals surface area (Å²) in [6, 6.07) is 102. The maximum atomic E-state index is 14.6. The molecule has 0 aliphatic heterocycles. The molecule has 142 heavy (non-hydrogen) atoms. The minimum Gasteiger partial charge on any atom is -0.512 e. The molecule has 1 aliphatic rings. The molecule has 0 unspecified atom stereocenters. The Morgan fingerprint density at radius 3 is 1.06 bits per heavy atom. The number of rotatable bonds is 10. The molecule has 0 saturated carbocycles. The van der Waals surface area contributed by atoms with Crippen molar-refractivity contribution in [3.63, 3.8) is 0 Å². The van der Waals surface area contributed by atoms with E-state index in [1.54, 1.807) is 140 Å². The third kappa shape index (κ3) is 39.1. The SMILES string of the molecule is CC(=O)C=C(C)O.CC(=O)C=C(C)O.CC(C)(C)c1c[c-]c(-c2nccc3ccccc23)cc1.FC1(F)c2ccc[c-]c2-c2nccc3cccc1c23.Fc1c[c-]c(-c2ccccn2)c(F)c1.Fc1c[c-]c(-c2ccccn2)c(F)c1.Fc1c[c-]c(-c2ccccn2)cc1.Fc1c[c-]c(-c2ccccn2)cc1.Fc1c[c-]c(-c2ccccn2)cc1.OCc1ccnc(-c2[c-]cc(F)cc2)c1.[Ir].[Ir].[Ir].[Ir].[Ir].[Ir].[Ir]. The molecule has 0 bridgehead atoms. The van der Waals surface area contributed by atoms with Crippen LogP contribution in [0, 0.1) is 95.1 Å². The Bertz CT molecular complexity index is 6610. The fraction of sp³-hybridized carbons (Fsp3) is 0.0893. The summed E-state index contributed by atoms with van der Waals surface area (Å²) in [4.78, 5) is 53.2. The summed E-state index contributed by atoms with van der Waals surface area (Å²) in [7, 11) is 0. The van der Waals surface area contributed by atoms with E-state index in [0.29, 0.717) is 39.3 Å². The van der Waals surface area contributed by atoms with Crippen molar-refractivity contribution in [3.05, 3.63) is 482 Å². The van der Waals surface area contributed by atoms with Gasteiger partial charge in [-0.05, 0) is 154 Å². The first-order chi connectivity index (χ1) is 64.9. The average Bonchev–Trinajstić information content (AvgIpc) is 0.720. The zero-order valence-electron chi connectivity index (χ0n) is 76.0. The van der Waals surface area contributed by atoms with Gasteiger partial charge in [0.25, 0.3) is 5.92 Å². The first kappa shape index (κ1) is 124. The van der Waals surface area contributed by atoms with Gasteiger partial charge in [-0.2, -0.15) is 0 Å². The van der Waals surface area contributed by atoms with Crippen LogP contribution in [0.5, 0.6) is 0 Å². The van der Waals surface area contributed by atoms with E-state index in [4.69, 9.17) is 15.3 Å². The Kier molecular flexibility index (Phi) is 55.3. The number of hydrogen-bond donors (Lipinski definition) is 3. The topological polar surface area (TPSA) is 198 Å². The molecule has 0 fully saturated rings. The first-order valence-electron chi connectivity index (χ1n) is 41.4. The van der Waals surface area contributed by atoms with E-state index >= 15 is 0 Å². The van der Waals surface area contributed by atoms with Crippen molar-refractivity contribution in [3.8, 4) is 90.1 Å². The van der Waals surface area contributed by atoms with Gasteiger partial charge in [-0.1, -0.05) is 159 Å². The van der Waals surface area contributed by atoms with Gasteiger partial charge in [-0.15, -0.1) is 209 Å². The molecule has 7 radical (unpaired) electrons. The first-order valence-corrected chi connectivity index (χ1v) is 41.4. The number of fused-ring (bicyclic) bond motifs is 3. The number of nitrogens with zero attached hydrogens (tertiary/aromatic N) is 8. The number of alkyl halides is 2. The number of pyridine rings is 8. The molecule has 0 atom stereocenters. The van der Waals surface area contributed by atoms with Gasteiger partial charge in [0.1, 0.15) is 0 Å². The van der Waals surface area contributed by atoms with Crippen molar-refractivity contribution in [2.45, 2.75) is 66.4 Å². The van der Waals surface area contributed by atoms with E-state index in [1.807, 2.05) is 72.9 Å². The van der Waals surface area contributed by atoms with Crippen molar-refractivity contribution >= 4 is 33.1 Å². The minimum absolute atomic E-state index is 0. The molecule has 0 spiro atoms. The van der Waals surface area contributed by atoms with Crippen LogP contribution >= 0.6 is 0 Å². The summed E-state index contributed by atoms with van der Waals surface area (Å²) in [5.74, 6) is -6.85. The van der Waals surface area contributed by atoms with Crippen LogP contribution in [-0.2, 0) is 168 Å². The number of benzene rings is 10. The fourth-order valence-electron chi connectivity index (χ4n) is 12.5. The summed E-state index contributed by atoms with van der Waals surface area (Å²) in [5, 5.41) is 29.4. The zero-order chi connectivity index (χ0) is 96.8. The molecule has 0 amide bonds. The Hall–Kier alpha value is -11.9. The molecule has 18 aromatic rings. The molecule has 3 N–H and O–H groups in total. The number of aromatic nitrogens is 8. The number of aliphatic hydroxyl groups excluding tert-OH is 3. The maximum absolute atomic E-state index is 14.6. The van der Waals surface area contributed by atoms with E-state index in [9.17, 15) is 53.5 Å². The van der Waals surface area contributed by atoms with Crippen LogP contribution in [0.1, 0.15) is 70.7 Å². The number of ketones is 2. The van der Waals surface area contributed by atoms with Gasteiger partial charge in [0.15, 0.2) is 11.6 Å². The predicted molar refractivity (Wildman–Crippen MR) is 505 cm³/mol.